The van der Waals surface area contributed by atoms with Crippen LogP contribution in [0.5, 0.6) is 0 Å². The first-order chi connectivity index (χ1) is 10.6. The van der Waals surface area contributed by atoms with Gasteiger partial charge in [0.05, 0.1) is 25.1 Å². The zero-order chi connectivity index (χ0) is 15.7. The summed E-state index contributed by atoms with van der Waals surface area (Å²) in [7, 11) is 0. The van der Waals surface area contributed by atoms with Gasteiger partial charge in [0.2, 0.25) is 0 Å². The molecule has 2 N–H and O–H groups in total. The van der Waals surface area contributed by atoms with E-state index < -0.39 is 43.0 Å². The number of carbonyl (C=O) groups excluding carboxylic acids is 2. The lowest BCUT2D eigenvalue weighted by atomic mass is 10.1. The number of hydrogen-bond donors (Lipinski definition) is 2. The number of carbonyl (C=O) groups is 2. The minimum Gasteiger partial charge on any atom is -0.457 e. The zero-order valence-electron chi connectivity index (χ0n) is 11.8. The summed E-state index contributed by atoms with van der Waals surface area (Å²) in [6.07, 6.45) is -2.58. The number of esters is 1. The highest BCUT2D eigenvalue weighted by atomic mass is 16.6. The van der Waals surface area contributed by atoms with Crippen LogP contribution in [0.1, 0.15) is 12.0 Å². The second-order valence-corrected chi connectivity index (χ2v) is 5.41. The Hall–Kier alpha value is -2.12. The summed E-state index contributed by atoms with van der Waals surface area (Å²) in [5, 5.41) is 19.5. The van der Waals surface area contributed by atoms with Crippen molar-refractivity contribution in [3.63, 3.8) is 0 Å². The van der Waals surface area contributed by atoms with Gasteiger partial charge in [0, 0.05) is 0 Å². The number of benzene rings is 1. The van der Waals surface area contributed by atoms with Gasteiger partial charge in [-0.2, -0.15) is 0 Å². The number of ether oxygens (including phenoxy) is 2. The van der Waals surface area contributed by atoms with Crippen LogP contribution in [0.15, 0.2) is 30.3 Å². The van der Waals surface area contributed by atoms with Crippen LogP contribution in [0, 0.1) is 0 Å². The summed E-state index contributed by atoms with van der Waals surface area (Å²) in [5.41, 5.74) is 0.825. The van der Waals surface area contributed by atoms with Gasteiger partial charge in [-0.05, 0) is 5.56 Å². The van der Waals surface area contributed by atoms with Crippen molar-refractivity contribution in [3.05, 3.63) is 35.9 Å². The van der Waals surface area contributed by atoms with Gasteiger partial charge in [0.1, 0.15) is 12.7 Å². The van der Waals surface area contributed by atoms with Crippen LogP contribution >= 0.6 is 0 Å². The third-order valence-electron chi connectivity index (χ3n) is 4.07. The average molecular weight is 307 g/mol. The Morgan fingerprint density at radius 2 is 2.09 bits per heavy atom. The average Bonchev–Trinajstić information content (AvgIpc) is 3.02. The van der Waals surface area contributed by atoms with Gasteiger partial charge >= 0.3 is 12.1 Å². The molecule has 2 heterocycles. The van der Waals surface area contributed by atoms with Crippen molar-refractivity contribution >= 4 is 12.1 Å². The molecule has 1 aromatic carbocycles. The largest absolute Gasteiger partial charge is 0.457 e. The zero-order valence-corrected chi connectivity index (χ0v) is 11.8. The number of nitrogens with zero attached hydrogens (tertiary/aromatic N) is 1. The number of aliphatic hydroxyl groups excluding tert-OH is 2. The molecule has 22 heavy (non-hydrogen) atoms. The van der Waals surface area contributed by atoms with Gasteiger partial charge in [0.15, 0.2) is 6.10 Å². The second-order valence-electron chi connectivity index (χ2n) is 5.41. The molecule has 4 atom stereocenters. The highest BCUT2D eigenvalue weighted by molar-refractivity contribution is 5.77. The monoisotopic (exact) mass is 307 g/mol. The van der Waals surface area contributed by atoms with E-state index in [4.69, 9.17) is 9.47 Å². The predicted octanol–water partition coefficient (Wildman–Crippen LogP) is 0.0447. The molecule has 0 spiro atoms. The first-order valence-corrected chi connectivity index (χ1v) is 7.09. The highest BCUT2D eigenvalue weighted by Crippen LogP contribution is 2.35. The van der Waals surface area contributed by atoms with E-state index in [2.05, 4.69) is 0 Å². The van der Waals surface area contributed by atoms with Crippen molar-refractivity contribution in [1.82, 2.24) is 4.90 Å². The van der Waals surface area contributed by atoms with Crippen molar-refractivity contribution < 1.29 is 29.3 Å². The maximum Gasteiger partial charge on any atom is 0.410 e. The minimum atomic E-state index is -1.11. The van der Waals surface area contributed by atoms with Gasteiger partial charge in [-0.3, -0.25) is 9.69 Å². The van der Waals surface area contributed by atoms with Crippen molar-refractivity contribution in [1.29, 1.82) is 0 Å². The Balaban J connectivity index is 1.71. The van der Waals surface area contributed by atoms with Gasteiger partial charge in [-0.25, -0.2) is 4.79 Å². The molecule has 2 fully saturated rings. The van der Waals surface area contributed by atoms with E-state index in [9.17, 15) is 19.8 Å². The van der Waals surface area contributed by atoms with Gasteiger partial charge in [-0.15, -0.1) is 0 Å². The van der Waals surface area contributed by atoms with Gasteiger partial charge in [-0.1, -0.05) is 30.3 Å². The van der Waals surface area contributed by atoms with E-state index in [1.165, 1.54) is 4.90 Å². The number of amides is 1. The third-order valence-corrected chi connectivity index (χ3v) is 4.07. The number of fused-ring (bicyclic) bond motifs is 1. The number of rotatable bonds is 3. The summed E-state index contributed by atoms with van der Waals surface area (Å²) in [6, 6.07) is 7.74. The van der Waals surface area contributed by atoms with Crippen molar-refractivity contribution in [2.24, 2.45) is 0 Å². The van der Waals surface area contributed by atoms with Crippen LogP contribution in [0.4, 0.5) is 4.79 Å². The van der Waals surface area contributed by atoms with Crippen LogP contribution in [-0.2, 0) is 20.9 Å². The van der Waals surface area contributed by atoms with E-state index in [1.807, 2.05) is 30.3 Å². The molecular weight excluding hydrogens is 290 g/mol. The quantitative estimate of drug-likeness (QED) is 0.766. The molecule has 0 aliphatic carbocycles. The molecule has 2 saturated heterocycles. The molecule has 1 aromatic rings. The lowest BCUT2D eigenvalue weighted by molar-refractivity contribution is -0.145. The van der Waals surface area contributed by atoms with Crippen molar-refractivity contribution in [2.45, 2.75) is 37.3 Å². The first-order valence-electron chi connectivity index (χ1n) is 7.09. The summed E-state index contributed by atoms with van der Waals surface area (Å²) in [5.74, 6) is -0.466. The smallest absolute Gasteiger partial charge is 0.410 e. The molecule has 7 heteroatoms. The van der Waals surface area contributed by atoms with Crippen molar-refractivity contribution in [2.75, 3.05) is 6.61 Å². The third kappa shape index (κ3) is 2.53. The normalized spacial score (nSPS) is 30.1. The maximum absolute atomic E-state index is 12.3. The molecule has 1 amide bonds. The lowest BCUT2D eigenvalue weighted by Gasteiger charge is -2.26. The van der Waals surface area contributed by atoms with Crippen LogP contribution in [0.2, 0.25) is 0 Å². The molecule has 7 nitrogen and oxygen atoms in total. The Labute approximate surface area is 127 Å². The maximum atomic E-state index is 12.3. The summed E-state index contributed by atoms with van der Waals surface area (Å²) < 4.78 is 10.3. The van der Waals surface area contributed by atoms with Crippen LogP contribution < -0.4 is 0 Å². The molecule has 0 bridgehead atoms. The molecule has 2 aliphatic heterocycles. The molecule has 2 aliphatic rings. The van der Waals surface area contributed by atoms with Crippen LogP contribution in [0.25, 0.3) is 0 Å². The molecule has 0 radical (unpaired) electrons. The Bertz CT molecular complexity index is 562. The minimum absolute atomic E-state index is 0.00133. The van der Waals surface area contributed by atoms with E-state index in [0.29, 0.717) is 0 Å². The van der Waals surface area contributed by atoms with E-state index in [-0.39, 0.29) is 13.0 Å². The Morgan fingerprint density at radius 1 is 1.36 bits per heavy atom. The van der Waals surface area contributed by atoms with E-state index in [0.717, 1.165) is 5.56 Å². The fourth-order valence-corrected chi connectivity index (χ4v) is 3.01. The van der Waals surface area contributed by atoms with E-state index in [1.54, 1.807) is 0 Å². The molecular formula is C15H17NO6. The van der Waals surface area contributed by atoms with Gasteiger partial charge in [0.25, 0.3) is 0 Å². The fraction of sp³-hybridized carbons (Fsp3) is 0.467. The Morgan fingerprint density at radius 3 is 2.77 bits per heavy atom. The number of likely N-dealkylation sites (tertiary alicyclic amines) is 1. The second kappa shape index (κ2) is 5.94. The topological polar surface area (TPSA) is 96.3 Å². The first kappa shape index (κ1) is 14.8. The molecule has 118 valence electrons. The summed E-state index contributed by atoms with van der Waals surface area (Å²) in [4.78, 5) is 24.9. The SMILES string of the molecule is O=C1C[C@H]2[C@@H](O1)[C@H](O)[C@H](CO)N2C(=O)OCc1ccccc1. The van der Waals surface area contributed by atoms with Crippen LogP contribution in [-0.4, -0.2) is 58.1 Å². The molecule has 3 rings (SSSR count). The van der Waals surface area contributed by atoms with Crippen molar-refractivity contribution in [3.8, 4) is 0 Å². The highest BCUT2D eigenvalue weighted by Gasteiger charge is 2.56. The number of hydrogen-bond acceptors (Lipinski definition) is 6. The summed E-state index contributed by atoms with van der Waals surface area (Å²) >= 11 is 0. The summed E-state index contributed by atoms with van der Waals surface area (Å²) in [6.45, 7) is -0.344. The van der Waals surface area contributed by atoms with Gasteiger partial charge < -0.3 is 19.7 Å². The predicted molar refractivity (Wildman–Crippen MR) is 73.6 cm³/mol. The Kier molecular flexibility index (Phi) is 4.00. The fourth-order valence-electron chi connectivity index (χ4n) is 3.01. The standard InChI is InChI=1S/C15H17NO6/c17-7-11-13(19)14-10(6-12(18)22-14)16(11)15(20)21-8-9-4-2-1-3-5-9/h1-5,10-11,13-14,17,19H,6-8H2/t10-,11-,13+,14+/m0/s1. The molecule has 0 aromatic heterocycles. The molecule has 0 saturated carbocycles. The lowest BCUT2D eigenvalue weighted by Crippen LogP contribution is -2.45. The van der Waals surface area contributed by atoms with E-state index >= 15 is 0 Å². The van der Waals surface area contributed by atoms with Crippen LogP contribution in [0.3, 0.4) is 0 Å². The number of aliphatic hydroxyl groups is 2. The molecule has 0 unspecified atom stereocenters.